The van der Waals surface area contributed by atoms with Crippen LogP contribution in [0.25, 0.3) is 0 Å². The predicted molar refractivity (Wildman–Crippen MR) is 81.3 cm³/mol. The lowest BCUT2D eigenvalue weighted by Crippen LogP contribution is -2.07. The molecule has 0 saturated heterocycles. The highest BCUT2D eigenvalue weighted by molar-refractivity contribution is 5.83. The summed E-state index contributed by atoms with van der Waals surface area (Å²) in [6.45, 7) is 4.04. The molecular formula is C18H20O2. The van der Waals surface area contributed by atoms with Gasteiger partial charge in [0.2, 0.25) is 0 Å². The molecule has 0 atom stereocenters. The second-order valence-electron chi connectivity index (χ2n) is 5.12. The van der Waals surface area contributed by atoms with E-state index in [0.717, 1.165) is 22.4 Å². The van der Waals surface area contributed by atoms with Gasteiger partial charge in [-0.1, -0.05) is 36.4 Å². The number of rotatable bonds is 5. The third-order valence-electron chi connectivity index (χ3n) is 3.51. The van der Waals surface area contributed by atoms with Crippen molar-refractivity contribution < 1.29 is 9.53 Å². The standard InChI is InChI=1S/C18H20O2/c1-13-6-4-5-7-16(13)12-17(19)11-15-8-9-18(20-3)14(2)10-15/h4-10H,11-12H2,1-3H3. The number of ketones is 1. The second kappa shape index (κ2) is 6.38. The highest BCUT2D eigenvalue weighted by atomic mass is 16.5. The molecule has 0 heterocycles. The van der Waals surface area contributed by atoms with Gasteiger partial charge in [0.25, 0.3) is 0 Å². The fraction of sp³-hybridized carbons (Fsp3) is 0.278. The Bertz CT molecular complexity index is 615. The first-order valence-electron chi connectivity index (χ1n) is 6.80. The van der Waals surface area contributed by atoms with Crippen molar-refractivity contribution in [3.8, 4) is 5.75 Å². The lowest BCUT2D eigenvalue weighted by atomic mass is 9.99. The highest BCUT2D eigenvalue weighted by Crippen LogP contribution is 2.19. The summed E-state index contributed by atoms with van der Waals surface area (Å²) in [7, 11) is 1.66. The van der Waals surface area contributed by atoms with Crippen LogP contribution in [0.3, 0.4) is 0 Å². The van der Waals surface area contributed by atoms with E-state index in [9.17, 15) is 4.79 Å². The number of ether oxygens (including phenoxy) is 1. The van der Waals surface area contributed by atoms with E-state index in [2.05, 4.69) is 0 Å². The van der Waals surface area contributed by atoms with Crippen LogP contribution in [0.2, 0.25) is 0 Å². The molecule has 2 nitrogen and oxygen atoms in total. The van der Waals surface area contributed by atoms with E-state index >= 15 is 0 Å². The molecule has 2 aromatic carbocycles. The molecular weight excluding hydrogens is 248 g/mol. The van der Waals surface area contributed by atoms with Gasteiger partial charge < -0.3 is 4.74 Å². The smallest absolute Gasteiger partial charge is 0.141 e. The van der Waals surface area contributed by atoms with Gasteiger partial charge in [0.15, 0.2) is 0 Å². The minimum absolute atomic E-state index is 0.240. The normalized spacial score (nSPS) is 10.3. The molecule has 0 radical (unpaired) electrons. The average molecular weight is 268 g/mol. The topological polar surface area (TPSA) is 26.3 Å². The van der Waals surface area contributed by atoms with Gasteiger partial charge in [-0.3, -0.25) is 4.79 Å². The molecule has 2 rings (SSSR count). The van der Waals surface area contributed by atoms with Crippen LogP contribution in [0.1, 0.15) is 22.3 Å². The fourth-order valence-electron chi connectivity index (χ4n) is 2.36. The van der Waals surface area contributed by atoms with E-state index in [1.54, 1.807) is 7.11 Å². The quantitative estimate of drug-likeness (QED) is 0.827. The molecule has 0 bridgehead atoms. The van der Waals surface area contributed by atoms with Crippen LogP contribution in [0.4, 0.5) is 0 Å². The largest absolute Gasteiger partial charge is 0.496 e. The minimum Gasteiger partial charge on any atom is -0.496 e. The second-order valence-corrected chi connectivity index (χ2v) is 5.12. The van der Waals surface area contributed by atoms with E-state index in [0.29, 0.717) is 12.8 Å². The van der Waals surface area contributed by atoms with E-state index in [1.165, 1.54) is 5.56 Å². The zero-order valence-electron chi connectivity index (χ0n) is 12.3. The zero-order chi connectivity index (χ0) is 14.5. The monoisotopic (exact) mass is 268 g/mol. The van der Waals surface area contributed by atoms with Crippen LogP contribution in [0, 0.1) is 13.8 Å². The van der Waals surface area contributed by atoms with Crippen molar-refractivity contribution in [2.24, 2.45) is 0 Å². The molecule has 104 valence electrons. The molecule has 0 fully saturated rings. The number of hydrogen-bond acceptors (Lipinski definition) is 2. The van der Waals surface area contributed by atoms with Gasteiger partial charge in [0.1, 0.15) is 11.5 Å². The van der Waals surface area contributed by atoms with Gasteiger partial charge >= 0.3 is 0 Å². The SMILES string of the molecule is COc1ccc(CC(=O)Cc2ccccc2C)cc1C. The number of aryl methyl sites for hydroxylation is 2. The first-order chi connectivity index (χ1) is 9.60. The molecule has 2 heteroatoms. The lowest BCUT2D eigenvalue weighted by molar-refractivity contribution is -0.117. The number of methoxy groups -OCH3 is 1. The molecule has 0 spiro atoms. The van der Waals surface area contributed by atoms with Crippen molar-refractivity contribution >= 4 is 5.78 Å². The van der Waals surface area contributed by atoms with Gasteiger partial charge in [0.05, 0.1) is 7.11 Å². The maximum absolute atomic E-state index is 12.2. The Kier molecular flexibility index (Phi) is 4.57. The molecule has 0 aliphatic heterocycles. The van der Waals surface area contributed by atoms with Gasteiger partial charge in [-0.05, 0) is 42.2 Å². The van der Waals surface area contributed by atoms with Crippen molar-refractivity contribution in [3.63, 3.8) is 0 Å². The van der Waals surface area contributed by atoms with Crippen LogP contribution in [-0.2, 0) is 17.6 Å². The van der Waals surface area contributed by atoms with Crippen molar-refractivity contribution in [1.29, 1.82) is 0 Å². The number of benzene rings is 2. The number of carbonyl (C=O) groups is 1. The van der Waals surface area contributed by atoms with Crippen molar-refractivity contribution in [2.75, 3.05) is 7.11 Å². The average Bonchev–Trinajstić information content (AvgIpc) is 2.41. The van der Waals surface area contributed by atoms with Gasteiger partial charge in [-0.25, -0.2) is 0 Å². The number of Topliss-reactive ketones (excluding diaryl/α,β-unsaturated/α-hetero) is 1. The van der Waals surface area contributed by atoms with E-state index in [4.69, 9.17) is 4.74 Å². The lowest BCUT2D eigenvalue weighted by Gasteiger charge is -2.08. The predicted octanol–water partition coefficient (Wildman–Crippen LogP) is 3.67. The number of hydrogen-bond donors (Lipinski definition) is 0. The summed E-state index contributed by atoms with van der Waals surface area (Å²) in [5.74, 6) is 1.10. The van der Waals surface area contributed by atoms with Crippen LogP contribution >= 0.6 is 0 Å². The Morgan fingerprint density at radius 1 is 1.00 bits per heavy atom. The summed E-state index contributed by atoms with van der Waals surface area (Å²) in [4.78, 5) is 12.2. The van der Waals surface area contributed by atoms with E-state index in [-0.39, 0.29) is 5.78 Å². The summed E-state index contributed by atoms with van der Waals surface area (Å²) >= 11 is 0. The van der Waals surface area contributed by atoms with E-state index in [1.807, 2.05) is 56.3 Å². The van der Waals surface area contributed by atoms with Crippen LogP contribution in [0.15, 0.2) is 42.5 Å². The van der Waals surface area contributed by atoms with E-state index < -0.39 is 0 Å². The van der Waals surface area contributed by atoms with Crippen molar-refractivity contribution in [3.05, 3.63) is 64.7 Å². The summed E-state index contributed by atoms with van der Waals surface area (Å²) in [5.41, 5.74) is 4.39. The number of carbonyl (C=O) groups excluding carboxylic acids is 1. The fourth-order valence-corrected chi connectivity index (χ4v) is 2.36. The molecule has 20 heavy (non-hydrogen) atoms. The molecule has 0 amide bonds. The first-order valence-corrected chi connectivity index (χ1v) is 6.80. The maximum atomic E-state index is 12.2. The van der Waals surface area contributed by atoms with Crippen LogP contribution < -0.4 is 4.74 Å². The molecule has 0 saturated carbocycles. The summed E-state index contributed by atoms with van der Waals surface area (Å²) in [6.07, 6.45) is 0.969. The molecule has 0 N–H and O–H groups in total. The Hall–Kier alpha value is -2.09. The van der Waals surface area contributed by atoms with Crippen molar-refractivity contribution in [2.45, 2.75) is 26.7 Å². The Labute approximate surface area is 120 Å². The summed E-state index contributed by atoms with van der Waals surface area (Å²) < 4.78 is 5.23. The Morgan fingerprint density at radius 3 is 2.40 bits per heavy atom. The first kappa shape index (κ1) is 14.3. The molecule has 0 unspecified atom stereocenters. The molecule has 2 aromatic rings. The molecule has 0 aliphatic carbocycles. The third-order valence-corrected chi connectivity index (χ3v) is 3.51. The summed E-state index contributed by atoms with van der Waals surface area (Å²) in [5, 5.41) is 0. The van der Waals surface area contributed by atoms with Crippen LogP contribution in [0.5, 0.6) is 5.75 Å². The van der Waals surface area contributed by atoms with Crippen LogP contribution in [-0.4, -0.2) is 12.9 Å². The van der Waals surface area contributed by atoms with Crippen molar-refractivity contribution in [1.82, 2.24) is 0 Å². The Balaban J connectivity index is 2.05. The zero-order valence-corrected chi connectivity index (χ0v) is 12.3. The van der Waals surface area contributed by atoms with Gasteiger partial charge in [0, 0.05) is 12.8 Å². The highest BCUT2D eigenvalue weighted by Gasteiger charge is 2.08. The van der Waals surface area contributed by atoms with Gasteiger partial charge in [-0.2, -0.15) is 0 Å². The minimum atomic E-state index is 0.240. The molecule has 0 aromatic heterocycles. The Morgan fingerprint density at radius 2 is 1.75 bits per heavy atom. The third kappa shape index (κ3) is 3.47. The van der Waals surface area contributed by atoms with Gasteiger partial charge in [-0.15, -0.1) is 0 Å². The maximum Gasteiger partial charge on any atom is 0.141 e. The summed E-state index contributed by atoms with van der Waals surface area (Å²) in [6, 6.07) is 13.9. The molecule has 0 aliphatic rings.